The number of amides is 2. The molecule has 2 amide bonds. The minimum Gasteiger partial charge on any atom is -0.360 e. The van der Waals surface area contributed by atoms with Crippen LogP contribution in [0.5, 0.6) is 0 Å². The van der Waals surface area contributed by atoms with Crippen LogP contribution in [0.4, 0.5) is 10.8 Å². The maximum absolute atomic E-state index is 12.2. The molecular formula is C18H16ClN5O3S2. The number of thioether (sulfide) groups is 1. The molecule has 0 unspecified atom stereocenters. The van der Waals surface area contributed by atoms with E-state index in [9.17, 15) is 9.59 Å². The molecule has 1 fully saturated rings. The molecule has 0 spiro atoms. The Morgan fingerprint density at radius 3 is 2.86 bits per heavy atom. The van der Waals surface area contributed by atoms with Gasteiger partial charge in [-0.15, -0.1) is 10.2 Å². The second-order valence-electron chi connectivity index (χ2n) is 6.52. The van der Waals surface area contributed by atoms with Crippen molar-refractivity contribution in [2.45, 2.75) is 30.0 Å². The van der Waals surface area contributed by atoms with Crippen molar-refractivity contribution >= 4 is 57.3 Å². The van der Waals surface area contributed by atoms with Gasteiger partial charge in [-0.05, 0) is 37.5 Å². The third kappa shape index (κ3) is 5.14. The standard InChI is InChI=1S/C18H16ClN5O3S2/c1-9-2-5-11(6-12(9)19)20-15(25)8-28-18-23-22-17(29-18)21-16(26)13-7-14(27-24-13)10-3-4-10/h2,5-7,10H,3-4,8H2,1H3,(H,20,25)(H,21,22,26). The summed E-state index contributed by atoms with van der Waals surface area (Å²) in [6, 6.07) is 7.00. The van der Waals surface area contributed by atoms with Gasteiger partial charge in [0.1, 0.15) is 5.76 Å². The van der Waals surface area contributed by atoms with Gasteiger partial charge in [0.25, 0.3) is 5.91 Å². The summed E-state index contributed by atoms with van der Waals surface area (Å²) < 4.78 is 5.75. The molecule has 8 nitrogen and oxygen atoms in total. The summed E-state index contributed by atoms with van der Waals surface area (Å²) in [5.41, 5.74) is 1.79. The van der Waals surface area contributed by atoms with Crippen molar-refractivity contribution in [3.63, 3.8) is 0 Å². The first kappa shape index (κ1) is 19.9. The first-order valence-corrected chi connectivity index (χ1v) is 11.0. The lowest BCUT2D eigenvalue weighted by Crippen LogP contribution is -2.13. The fraction of sp³-hybridized carbons (Fsp3) is 0.278. The van der Waals surface area contributed by atoms with E-state index >= 15 is 0 Å². The molecule has 2 aromatic heterocycles. The number of halogens is 1. The van der Waals surface area contributed by atoms with E-state index in [1.165, 1.54) is 23.1 Å². The van der Waals surface area contributed by atoms with Crippen molar-refractivity contribution < 1.29 is 14.1 Å². The Morgan fingerprint density at radius 2 is 2.10 bits per heavy atom. The number of anilines is 2. The van der Waals surface area contributed by atoms with Gasteiger partial charge in [-0.2, -0.15) is 0 Å². The van der Waals surface area contributed by atoms with Crippen molar-refractivity contribution in [1.82, 2.24) is 15.4 Å². The molecule has 1 aliphatic carbocycles. The Hall–Kier alpha value is -2.43. The molecule has 0 saturated heterocycles. The summed E-state index contributed by atoms with van der Waals surface area (Å²) in [5, 5.41) is 18.1. The van der Waals surface area contributed by atoms with Crippen LogP contribution >= 0.6 is 34.7 Å². The number of aromatic nitrogens is 3. The van der Waals surface area contributed by atoms with Gasteiger partial charge in [0.2, 0.25) is 11.0 Å². The van der Waals surface area contributed by atoms with E-state index in [-0.39, 0.29) is 17.4 Å². The molecule has 2 heterocycles. The number of hydrogen-bond acceptors (Lipinski definition) is 8. The highest BCUT2D eigenvalue weighted by atomic mass is 35.5. The average molecular weight is 450 g/mol. The Bertz CT molecular complexity index is 1060. The van der Waals surface area contributed by atoms with Crippen LogP contribution in [0.25, 0.3) is 0 Å². The monoisotopic (exact) mass is 449 g/mol. The van der Waals surface area contributed by atoms with Gasteiger partial charge in [0.15, 0.2) is 10.0 Å². The molecule has 0 atom stereocenters. The Kier molecular flexibility index (Phi) is 5.84. The lowest BCUT2D eigenvalue weighted by molar-refractivity contribution is -0.113. The van der Waals surface area contributed by atoms with Crippen LogP contribution in [0.3, 0.4) is 0 Å². The number of carbonyl (C=O) groups excluding carboxylic acids is 2. The van der Waals surface area contributed by atoms with Crippen LogP contribution in [0.2, 0.25) is 5.02 Å². The topological polar surface area (TPSA) is 110 Å². The number of nitrogens with zero attached hydrogens (tertiary/aromatic N) is 3. The van der Waals surface area contributed by atoms with E-state index in [1.807, 2.05) is 13.0 Å². The van der Waals surface area contributed by atoms with Crippen LogP contribution in [0.15, 0.2) is 33.1 Å². The molecule has 1 aromatic carbocycles. The molecule has 3 aromatic rings. The predicted octanol–water partition coefficient (Wildman–Crippen LogP) is 4.35. The minimum absolute atomic E-state index is 0.155. The van der Waals surface area contributed by atoms with Gasteiger partial charge in [-0.25, -0.2) is 0 Å². The number of hydrogen-bond donors (Lipinski definition) is 2. The van der Waals surface area contributed by atoms with Gasteiger partial charge in [0.05, 0.1) is 5.75 Å². The van der Waals surface area contributed by atoms with Gasteiger partial charge in [0, 0.05) is 22.7 Å². The molecule has 11 heteroatoms. The fourth-order valence-electron chi connectivity index (χ4n) is 2.43. The van der Waals surface area contributed by atoms with E-state index in [0.717, 1.165) is 24.2 Å². The molecule has 29 heavy (non-hydrogen) atoms. The van der Waals surface area contributed by atoms with Crippen LogP contribution in [-0.4, -0.2) is 32.9 Å². The zero-order valence-corrected chi connectivity index (χ0v) is 17.7. The summed E-state index contributed by atoms with van der Waals surface area (Å²) >= 11 is 8.47. The summed E-state index contributed by atoms with van der Waals surface area (Å²) in [7, 11) is 0. The highest BCUT2D eigenvalue weighted by molar-refractivity contribution is 8.01. The quantitative estimate of drug-likeness (QED) is 0.407. The van der Waals surface area contributed by atoms with E-state index < -0.39 is 5.91 Å². The van der Waals surface area contributed by atoms with Crippen molar-refractivity contribution in [3.8, 4) is 0 Å². The van der Waals surface area contributed by atoms with E-state index in [0.29, 0.717) is 26.1 Å². The van der Waals surface area contributed by atoms with Crippen molar-refractivity contribution in [3.05, 3.63) is 46.3 Å². The summed E-state index contributed by atoms with van der Waals surface area (Å²) in [6.07, 6.45) is 2.13. The average Bonchev–Trinajstić information content (AvgIpc) is 3.24. The third-order valence-electron chi connectivity index (χ3n) is 4.15. The zero-order chi connectivity index (χ0) is 20.4. The maximum atomic E-state index is 12.2. The molecule has 4 rings (SSSR count). The Balaban J connectivity index is 1.27. The number of rotatable bonds is 7. The van der Waals surface area contributed by atoms with Gasteiger partial charge < -0.3 is 9.84 Å². The zero-order valence-electron chi connectivity index (χ0n) is 15.3. The molecule has 0 bridgehead atoms. The summed E-state index contributed by atoms with van der Waals surface area (Å²) in [5.74, 6) is 0.690. The molecule has 1 aliphatic rings. The molecule has 0 radical (unpaired) electrons. The third-order valence-corrected chi connectivity index (χ3v) is 6.53. The van der Waals surface area contributed by atoms with E-state index in [2.05, 4.69) is 26.0 Å². The molecule has 0 aliphatic heterocycles. The van der Waals surface area contributed by atoms with Crippen LogP contribution in [-0.2, 0) is 4.79 Å². The fourth-order valence-corrected chi connectivity index (χ4v) is 4.16. The number of carbonyl (C=O) groups is 2. The van der Waals surface area contributed by atoms with Gasteiger partial charge >= 0.3 is 0 Å². The molecule has 2 N–H and O–H groups in total. The first-order chi connectivity index (χ1) is 14.0. The first-order valence-electron chi connectivity index (χ1n) is 8.78. The van der Waals surface area contributed by atoms with Gasteiger partial charge in [-0.3, -0.25) is 14.9 Å². The van der Waals surface area contributed by atoms with E-state index in [1.54, 1.807) is 18.2 Å². The number of nitrogens with one attached hydrogen (secondary N) is 2. The van der Waals surface area contributed by atoms with Crippen LogP contribution in [0, 0.1) is 6.92 Å². The Labute approximate surface area is 179 Å². The number of aryl methyl sites for hydroxylation is 1. The summed E-state index contributed by atoms with van der Waals surface area (Å²) in [4.78, 5) is 24.3. The second kappa shape index (κ2) is 8.52. The SMILES string of the molecule is Cc1ccc(NC(=O)CSc2nnc(NC(=O)c3cc(C4CC4)on3)s2)cc1Cl. The van der Waals surface area contributed by atoms with E-state index in [4.69, 9.17) is 16.1 Å². The van der Waals surface area contributed by atoms with Crippen molar-refractivity contribution in [1.29, 1.82) is 0 Å². The van der Waals surface area contributed by atoms with Crippen LogP contribution in [0.1, 0.15) is 40.6 Å². The normalized spacial score (nSPS) is 13.3. The largest absolute Gasteiger partial charge is 0.360 e. The second-order valence-corrected chi connectivity index (χ2v) is 9.12. The number of benzene rings is 1. The highest BCUT2D eigenvalue weighted by Gasteiger charge is 2.29. The predicted molar refractivity (Wildman–Crippen MR) is 112 cm³/mol. The summed E-state index contributed by atoms with van der Waals surface area (Å²) in [6.45, 7) is 1.89. The maximum Gasteiger partial charge on any atom is 0.279 e. The van der Waals surface area contributed by atoms with Crippen LogP contribution < -0.4 is 10.6 Å². The smallest absolute Gasteiger partial charge is 0.279 e. The van der Waals surface area contributed by atoms with Crippen molar-refractivity contribution in [2.24, 2.45) is 0 Å². The molecular weight excluding hydrogens is 434 g/mol. The lowest BCUT2D eigenvalue weighted by Gasteiger charge is -2.05. The minimum atomic E-state index is -0.401. The molecule has 1 saturated carbocycles. The lowest BCUT2D eigenvalue weighted by atomic mass is 10.2. The van der Waals surface area contributed by atoms with Gasteiger partial charge in [-0.1, -0.05) is 45.9 Å². The molecule has 150 valence electrons. The highest BCUT2D eigenvalue weighted by Crippen LogP contribution is 2.40. The Morgan fingerprint density at radius 1 is 1.28 bits per heavy atom. The van der Waals surface area contributed by atoms with Crippen molar-refractivity contribution in [2.75, 3.05) is 16.4 Å².